The number of aromatic nitrogens is 2. The van der Waals surface area contributed by atoms with E-state index in [2.05, 4.69) is 20.8 Å². The Labute approximate surface area is 153 Å². The van der Waals surface area contributed by atoms with Crippen molar-refractivity contribution in [2.75, 3.05) is 6.61 Å². The third kappa shape index (κ3) is 4.42. The molecule has 0 saturated heterocycles. The fourth-order valence-corrected chi connectivity index (χ4v) is 2.62. The lowest BCUT2D eigenvalue weighted by Gasteiger charge is -2.19. The molecule has 0 amide bonds. The van der Waals surface area contributed by atoms with Crippen molar-refractivity contribution in [2.24, 2.45) is 0 Å². The number of ether oxygens (including phenoxy) is 1. The molecule has 1 heterocycles. The van der Waals surface area contributed by atoms with E-state index in [4.69, 9.17) is 10.00 Å². The number of nitriles is 1. The highest BCUT2D eigenvalue weighted by Gasteiger charge is 2.13. The topological polar surface area (TPSA) is 77.0 Å². The molecule has 0 aliphatic rings. The van der Waals surface area contributed by atoms with Crippen molar-refractivity contribution >= 4 is 0 Å². The summed E-state index contributed by atoms with van der Waals surface area (Å²) in [7, 11) is 0. The van der Waals surface area contributed by atoms with Crippen LogP contribution < -0.4 is 16.0 Å². The van der Waals surface area contributed by atoms with E-state index in [1.54, 1.807) is 6.92 Å². The van der Waals surface area contributed by atoms with Crippen molar-refractivity contribution in [3.63, 3.8) is 0 Å². The van der Waals surface area contributed by atoms with Crippen LogP contribution >= 0.6 is 0 Å². The smallest absolute Gasteiger partial charge is 0.331 e. The van der Waals surface area contributed by atoms with Gasteiger partial charge in [-0.2, -0.15) is 5.26 Å². The Bertz CT molecular complexity index is 910. The lowest BCUT2D eigenvalue weighted by Crippen LogP contribution is -2.41. The largest absolute Gasteiger partial charge is 0.494 e. The lowest BCUT2D eigenvalue weighted by molar-refractivity contribution is 0.298. The van der Waals surface area contributed by atoms with Crippen molar-refractivity contribution < 1.29 is 4.74 Å². The van der Waals surface area contributed by atoms with Crippen LogP contribution in [0.25, 0.3) is 0 Å². The Morgan fingerprint density at radius 3 is 2.35 bits per heavy atom. The molecule has 1 aromatic heterocycles. The number of benzene rings is 1. The molecule has 0 aliphatic carbocycles. The van der Waals surface area contributed by atoms with Gasteiger partial charge in [-0.25, -0.2) is 4.79 Å². The zero-order valence-electron chi connectivity index (χ0n) is 15.8. The highest BCUT2D eigenvalue weighted by Crippen LogP contribution is 2.24. The molecule has 0 unspecified atom stereocenters. The standard InChI is InChI=1S/C20H25N3O3/c1-5-22-14-15(13-21)18(24)23(19(22)25)11-6-12-26-17-9-7-16(8-10-17)20(2,3)4/h7-10,14H,5-6,11-12H2,1-4H3. The second-order valence-electron chi connectivity index (χ2n) is 7.16. The third-order valence-corrected chi connectivity index (χ3v) is 4.21. The summed E-state index contributed by atoms with van der Waals surface area (Å²) in [5, 5.41) is 9.05. The molecule has 0 fully saturated rings. The summed E-state index contributed by atoms with van der Waals surface area (Å²) in [6, 6.07) is 9.77. The number of nitrogens with zero attached hydrogens (tertiary/aromatic N) is 3. The normalized spacial score (nSPS) is 11.2. The molecular formula is C20H25N3O3. The predicted molar refractivity (Wildman–Crippen MR) is 101 cm³/mol. The molecular weight excluding hydrogens is 330 g/mol. The summed E-state index contributed by atoms with van der Waals surface area (Å²) in [4.78, 5) is 24.4. The predicted octanol–water partition coefficient (Wildman–Crippen LogP) is 2.67. The Morgan fingerprint density at radius 1 is 1.15 bits per heavy atom. The molecule has 1 aromatic carbocycles. The Balaban J connectivity index is 2.02. The molecule has 2 rings (SSSR count). The zero-order chi connectivity index (χ0) is 19.3. The van der Waals surface area contributed by atoms with Crippen molar-refractivity contribution in [3.05, 3.63) is 62.4 Å². The van der Waals surface area contributed by atoms with Crippen LogP contribution in [0.3, 0.4) is 0 Å². The van der Waals surface area contributed by atoms with Crippen LogP contribution in [0, 0.1) is 11.3 Å². The van der Waals surface area contributed by atoms with Gasteiger partial charge in [-0.15, -0.1) is 0 Å². The highest BCUT2D eigenvalue weighted by atomic mass is 16.5. The maximum atomic E-state index is 12.3. The molecule has 0 N–H and O–H groups in total. The Morgan fingerprint density at radius 2 is 1.81 bits per heavy atom. The number of hydrogen-bond acceptors (Lipinski definition) is 4. The van der Waals surface area contributed by atoms with Crippen LogP contribution in [0.5, 0.6) is 5.75 Å². The SMILES string of the molecule is CCn1cc(C#N)c(=O)n(CCCOc2ccc(C(C)(C)C)cc2)c1=O. The van der Waals surface area contributed by atoms with Gasteiger partial charge in [0, 0.05) is 19.3 Å². The van der Waals surface area contributed by atoms with Gasteiger partial charge in [0.2, 0.25) is 0 Å². The van der Waals surface area contributed by atoms with Gasteiger partial charge in [-0.3, -0.25) is 13.9 Å². The minimum absolute atomic E-state index is 0.0230. The summed E-state index contributed by atoms with van der Waals surface area (Å²) < 4.78 is 8.17. The summed E-state index contributed by atoms with van der Waals surface area (Å²) in [5.74, 6) is 0.752. The molecule has 0 spiro atoms. The minimum atomic E-state index is -0.545. The van der Waals surface area contributed by atoms with Crippen LogP contribution in [-0.4, -0.2) is 15.7 Å². The first-order valence-electron chi connectivity index (χ1n) is 8.75. The van der Waals surface area contributed by atoms with Crippen LogP contribution in [0.4, 0.5) is 0 Å². The van der Waals surface area contributed by atoms with Gasteiger partial charge < -0.3 is 4.74 Å². The maximum Gasteiger partial charge on any atom is 0.331 e. The molecule has 26 heavy (non-hydrogen) atoms. The van der Waals surface area contributed by atoms with Gasteiger partial charge in [-0.1, -0.05) is 32.9 Å². The molecule has 2 aromatic rings. The molecule has 0 saturated carbocycles. The van der Waals surface area contributed by atoms with Gasteiger partial charge in [0.25, 0.3) is 5.56 Å². The van der Waals surface area contributed by atoms with E-state index in [-0.39, 0.29) is 17.5 Å². The third-order valence-electron chi connectivity index (χ3n) is 4.21. The van der Waals surface area contributed by atoms with Gasteiger partial charge in [0.1, 0.15) is 17.4 Å². The van der Waals surface area contributed by atoms with E-state index >= 15 is 0 Å². The number of hydrogen-bond donors (Lipinski definition) is 0. The molecule has 6 heteroatoms. The van der Waals surface area contributed by atoms with Crippen molar-refractivity contribution in [3.8, 4) is 11.8 Å². The zero-order valence-corrected chi connectivity index (χ0v) is 15.8. The first-order chi connectivity index (χ1) is 12.3. The fraction of sp³-hybridized carbons (Fsp3) is 0.450. The maximum absolute atomic E-state index is 12.3. The van der Waals surface area contributed by atoms with Crippen molar-refractivity contribution in [1.82, 2.24) is 9.13 Å². The Hall–Kier alpha value is -2.81. The van der Waals surface area contributed by atoms with Crippen LogP contribution in [0.2, 0.25) is 0 Å². The van der Waals surface area contributed by atoms with Gasteiger partial charge in [0.05, 0.1) is 6.61 Å². The van der Waals surface area contributed by atoms with E-state index in [0.29, 0.717) is 19.6 Å². The molecule has 138 valence electrons. The molecule has 0 bridgehead atoms. The van der Waals surface area contributed by atoms with Crippen LogP contribution in [0.1, 0.15) is 45.2 Å². The first-order valence-corrected chi connectivity index (χ1v) is 8.75. The molecule has 0 atom stereocenters. The van der Waals surface area contributed by atoms with Gasteiger partial charge in [-0.05, 0) is 36.5 Å². The summed E-state index contributed by atoms with van der Waals surface area (Å²) >= 11 is 0. The second-order valence-corrected chi connectivity index (χ2v) is 7.16. The monoisotopic (exact) mass is 355 g/mol. The average molecular weight is 355 g/mol. The van der Waals surface area contributed by atoms with Gasteiger partial charge in [0.15, 0.2) is 0 Å². The number of rotatable bonds is 6. The van der Waals surface area contributed by atoms with Crippen LogP contribution in [0.15, 0.2) is 40.1 Å². The average Bonchev–Trinajstić information content (AvgIpc) is 2.61. The van der Waals surface area contributed by atoms with Crippen molar-refractivity contribution in [2.45, 2.75) is 52.6 Å². The molecule has 0 radical (unpaired) electrons. The van der Waals surface area contributed by atoms with Gasteiger partial charge >= 0.3 is 5.69 Å². The Kier molecular flexibility index (Phi) is 6.04. The van der Waals surface area contributed by atoms with E-state index in [1.165, 1.54) is 16.3 Å². The van der Waals surface area contributed by atoms with Crippen molar-refractivity contribution in [1.29, 1.82) is 5.26 Å². The van der Waals surface area contributed by atoms with E-state index in [9.17, 15) is 9.59 Å². The summed E-state index contributed by atoms with van der Waals surface area (Å²) in [6.45, 7) is 9.25. The molecule has 6 nitrogen and oxygen atoms in total. The minimum Gasteiger partial charge on any atom is -0.494 e. The fourth-order valence-electron chi connectivity index (χ4n) is 2.62. The second kappa shape index (κ2) is 8.05. The van der Waals surface area contributed by atoms with Crippen LogP contribution in [-0.2, 0) is 18.5 Å². The quantitative estimate of drug-likeness (QED) is 0.747. The highest BCUT2D eigenvalue weighted by molar-refractivity contribution is 5.31. The van der Waals surface area contributed by atoms with E-state index in [1.807, 2.05) is 30.3 Å². The first kappa shape index (κ1) is 19.5. The van der Waals surface area contributed by atoms with E-state index in [0.717, 1.165) is 10.3 Å². The number of aryl methyl sites for hydroxylation is 1. The molecule has 0 aliphatic heterocycles. The lowest BCUT2D eigenvalue weighted by atomic mass is 9.87. The van der Waals surface area contributed by atoms with E-state index < -0.39 is 11.2 Å². The summed E-state index contributed by atoms with van der Waals surface area (Å²) in [6.07, 6.45) is 1.81. The summed E-state index contributed by atoms with van der Waals surface area (Å²) in [5.41, 5.74) is 0.350.